The fraction of sp³-hybridized carbons (Fsp3) is 0.667. The molecule has 1 aromatic rings. The number of hydrogen-bond acceptors (Lipinski definition) is 3. The second kappa shape index (κ2) is 7.28. The fourth-order valence-electron chi connectivity index (χ4n) is 3.51. The Labute approximate surface area is 129 Å². The van der Waals surface area contributed by atoms with Gasteiger partial charge in [0.05, 0.1) is 0 Å². The van der Waals surface area contributed by atoms with Crippen LogP contribution in [-0.4, -0.2) is 36.2 Å². The number of para-hydroxylation sites is 1. The summed E-state index contributed by atoms with van der Waals surface area (Å²) in [7, 11) is 0. The molecule has 1 atom stereocenters. The van der Waals surface area contributed by atoms with Gasteiger partial charge in [-0.3, -0.25) is 4.90 Å². The predicted octanol–water partition coefficient (Wildman–Crippen LogP) is 3.22. The maximum absolute atomic E-state index is 6.14. The summed E-state index contributed by atoms with van der Waals surface area (Å²) in [5.41, 5.74) is 7.59. The van der Waals surface area contributed by atoms with Crippen LogP contribution in [0.3, 0.4) is 0 Å². The summed E-state index contributed by atoms with van der Waals surface area (Å²) in [6.45, 7) is 9.53. The average molecular weight is 290 g/mol. The van der Waals surface area contributed by atoms with Gasteiger partial charge in [-0.15, -0.1) is 0 Å². The first kappa shape index (κ1) is 16.3. The van der Waals surface area contributed by atoms with Crippen LogP contribution in [0.4, 0.5) is 0 Å². The normalized spacial score (nSPS) is 17.9. The lowest BCUT2D eigenvalue weighted by molar-refractivity contribution is 0.0463. The highest BCUT2D eigenvalue weighted by Crippen LogP contribution is 2.31. The minimum atomic E-state index is 0.119. The molecule has 1 aliphatic heterocycles. The molecule has 0 radical (unpaired) electrons. The second-order valence-corrected chi connectivity index (χ2v) is 6.13. The van der Waals surface area contributed by atoms with Crippen LogP contribution in [-0.2, 0) is 6.42 Å². The zero-order chi connectivity index (χ0) is 15.3. The molecule has 0 saturated carbocycles. The van der Waals surface area contributed by atoms with E-state index in [1.165, 1.54) is 5.56 Å². The van der Waals surface area contributed by atoms with Gasteiger partial charge < -0.3 is 10.5 Å². The summed E-state index contributed by atoms with van der Waals surface area (Å²) >= 11 is 0. The van der Waals surface area contributed by atoms with Gasteiger partial charge in [0, 0.05) is 25.0 Å². The first-order chi connectivity index (χ1) is 10.2. The van der Waals surface area contributed by atoms with Gasteiger partial charge in [0.2, 0.25) is 0 Å². The number of fused-ring (bicyclic) bond motifs is 1. The average Bonchev–Trinajstić information content (AvgIpc) is 2.92. The zero-order valence-corrected chi connectivity index (χ0v) is 13.8. The zero-order valence-electron chi connectivity index (χ0n) is 13.8. The molecule has 0 aromatic heterocycles. The van der Waals surface area contributed by atoms with Crippen LogP contribution in [0, 0.1) is 0 Å². The van der Waals surface area contributed by atoms with Crippen LogP contribution in [0.15, 0.2) is 24.3 Å². The molecular formula is C18H30N2O. The minimum Gasteiger partial charge on any atom is -0.488 e. The van der Waals surface area contributed by atoms with Gasteiger partial charge in [-0.2, -0.15) is 0 Å². The number of benzene rings is 1. The molecule has 0 spiro atoms. The third-order valence-electron chi connectivity index (χ3n) is 5.00. The Morgan fingerprint density at radius 2 is 1.95 bits per heavy atom. The molecule has 0 saturated heterocycles. The van der Waals surface area contributed by atoms with Crippen molar-refractivity contribution in [2.45, 2.75) is 58.1 Å². The van der Waals surface area contributed by atoms with E-state index in [9.17, 15) is 0 Å². The lowest BCUT2D eigenvalue weighted by Gasteiger charge is -2.43. The summed E-state index contributed by atoms with van der Waals surface area (Å²) in [5.74, 6) is 1.06. The molecule has 1 aromatic carbocycles. The topological polar surface area (TPSA) is 38.5 Å². The van der Waals surface area contributed by atoms with E-state index in [0.717, 1.165) is 51.1 Å². The maximum atomic E-state index is 6.14. The van der Waals surface area contributed by atoms with Gasteiger partial charge in [-0.25, -0.2) is 0 Å². The molecule has 0 amide bonds. The van der Waals surface area contributed by atoms with E-state index >= 15 is 0 Å². The van der Waals surface area contributed by atoms with Crippen molar-refractivity contribution in [3.8, 4) is 5.75 Å². The van der Waals surface area contributed by atoms with E-state index in [1.54, 1.807) is 0 Å². The number of nitrogens with zero attached hydrogens (tertiary/aromatic N) is 1. The monoisotopic (exact) mass is 290 g/mol. The Morgan fingerprint density at radius 1 is 1.24 bits per heavy atom. The quantitative estimate of drug-likeness (QED) is 0.799. The molecule has 0 fully saturated rings. The molecule has 1 heterocycles. The van der Waals surface area contributed by atoms with E-state index in [1.807, 2.05) is 6.07 Å². The molecule has 1 unspecified atom stereocenters. The highest BCUT2D eigenvalue weighted by molar-refractivity contribution is 5.37. The number of hydrogen-bond donors (Lipinski definition) is 1. The minimum absolute atomic E-state index is 0.119. The molecule has 2 rings (SSSR count). The van der Waals surface area contributed by atoms with E-state index in [0.29, 0.717) is 0 Å². The van der Waals surface area contributed by atoms with Gasteiger partial charge in [0.15, 0.2) is 0 Å². The molecule has 21 heavy (non-hydrogen) atoms. The Bertz CT molecular complexity index is 409. The number of nitrogens with two attached hydrogens (primary N) is 1. The molecule has 1 aliphatic rings. The lowest BCUT2D eigenvalue weighted by atomic mass is 9.89. The smallest absolute Gasteiger partial charge is 0.123 e. The van der Waals surface area contributed by atoms with Crippen molar-refractivity contribution in [2.24, 2.45) is 5.73 Å². The number of ether oxygens (including phenoxy) is 1. The first-order valence-corrected chi connectivity index (χ1v) is 8.38. The lowest BCUT2D eigenvalue weighted by Crippen LogP contribution is -2.56. The Kier molecular flexibility index (Phi) is 5.65. The first-order valence-electron chi connectivity index (χ1n) is 8.38. The van der Waals surface area contributed by atoms with Crippen molar-refractivity contribution in [1.29, 1.82) is 0 Å². The SMILES string of the molecule is CCCN(CC1Cc2ccccc2O1)C(CC)(CC)CN. The van der Waals surface area contributed by atoms with Crippen molar-refractivity contribution < 1.29 is 4.74 Å². The Balaban J connectivity index is 2.08. The molecule has 0 aliphatic carbocycles. The van der Waals surface area contributed by atoms with Gasteiger partial charge in [0.1, 0.15) is 11.9 Å². The summed E-state index contributed by atoms with van der Waals surface area (Å²) in [5, 5.41) is 0. The van der Waals surface area contributed by atoms with Crippen LogP contribution in [0.1, 0.15) is 45.6 Å². The summed E-state index contributed by atoms with van der Waals surface area (Å²) < 4.78 is 6.13. The van der Waals surface area contributed by atoms with Crippen molar-refractivity contribution in [3.05, 3.63) is 29.8 Å². The Morgan fingerprint density at radius 3 is 2.52 bits per heavy atom. The maximum Gasteiger partial charge on any atom is 0.123 e. The number of rotatable bonds is 8. The van der Waals surface area contributed by atoms with Crippen LogP contribution in [0.2, 0.25) is 0 Å². The van der Waals surface area contributed by atoms with Crippen LogP contribution in [0.5, 0.6) is 5.75 Å². The largest absolute Gasteiger partial charge is 0.488 e. The third kappa shape index (κ3) is 3.41. The molecule has 3 heteroatoms. The highest BCUT2D eigenvalue weighted by Gasteiger charge is 2.34. The van der Waals surface area contributed by atoms with E-state index in [-0.39, 0.29) is 11.6 Å². The second-order valence-electron chi connectivity index (χ2n) is 6.13. The van der Waals surface area contributed by atoms with Crippen molar-refractivity contribution in [3.63, 3.8) is 0 Å². The van der Waals surface area contributed by atoms with Crippen molar-refractivity contribution in [1.82, 2.24) is 4.90 Å². The van der Waals surface area contributed by atoms with Crippen LogP contribution in [0.25, 0.3) is 0 Å². The van der Waals surface area contributed by atoms with Crippen LogP contribution < -0.4 is 10.5 Å². The van der Waals surface area contributed by atoms with Crippen molar-refractivity contribution in [2.75, 3.05) is 19.6 Å². The van der Waals surface area contributed by atoms with Gasteiger partial charge in [-0.05, 0) is 37.4 Å². The molecule has 3 nitrogen and oxygen atoms in total. The molecular weight excluding hydrogens is 260 g/mol. The van der Waals surface area contributed by atoms with Gasteiger partial charge >= 0.3 is 0 Å². The molecule has 2 N–H and O–H groups in total. The van der Waals surface area contributed by atoms with Gasteiger partial charge in [-0.1, -0.05) is 39.0 Å². The Hall–Kier alpha value is -1.06. The third-order valence-corrected chi connectivity index (χ3v) is 5.00. The highest BCUT2D eigenvalue weighted by atomic mass is 16.5. The van der Waals surface area contributed by atoms with Gasteiger partial charge in [0.25, 0.3) is 0 Å². The van der Waals surface area contributed by atoms with E-state index in [2.05, 4.69) is 43.9 Å². The fourth-order valence-corrected chi connectivity index (χ4v) is 3.51. The molecule has 118 valence electrons. The van der Waals surface area contributed by atoms with E-state index in [4.69, 9.17) is 10.5 Å². The standard InChI is InChI=1S/C18H30N2O/c1-4-11-20(18(5-2,6-3)14-19)13-16-12-15-9-7-8-10-17(15)21-16/h7-10,16H,4-6,11-14,19H2,1-3H3. The van der Waals surface area contributed by atoms with Crippen LogP contribution >= 0.6 is 0 Å². The predicted molar refractivity (Wildman–Crippen MR) is 88.8 cm³/mol. The van der Waals surface area contributed by atoms with Crippen molar-refractivity contribution >= 4 is 0 Å². The summed E-state index contributed by atoms with van der Waals surface area (Å²) in [6, 6.07) is 8.40. The molecule has 0 bridgehead atoms. The summed E-state index contributed by atoms with van der Waals surface area (Å²) in [6.07, 6.45) is 4.63. The summed E-state index contributed by atoms with van der Waals surface area (Å²) in [4.78, 5) is 2.57. The van der Waals surface area contributed by atoms with E-state index < -0.39 is 0 Å².